The van der Waals surface area contributed by atoms with Crippen molar-refractivity contribution in [3.05, 3.63) is 0 Å². The Kier molecular flexibility index (Phi) is 6.25. The number of carbonyl (C=O) groups is 1. The van der Waals surface area contributed by atoms with Crippen LogP contribution in [0.1, 0.15) is 19.3 Å². The lowest BCUT2D eigenvalue weighted by molar-refractivity contribution is -0.137. The highest BCUT2D eigenvalue weighted by molar-refractivity contribution is 7.94. The summed E-state index contributed by atoms with van der Waals surface area (Å²) in [6.07, 6.45) is 1.21. The summed E-state index contributed by atoms with van der Waals surface area (Å²) in [4.78, 5) is 10.0. The highest BCUT2D eigenvalue weighted by atomic mass is 32.2. The van der Waals surface area contributed by atoms with Crippen LogP contribution in [0.3, 0.4) is 0 Å². The second kappa shape index (κ2) is 6.42. The molecule has 0 spiro atoms. The van der Waals surface area contributed by atoms with Crippen molar-refractivity contribution in [3.63, 3.8) is 0 Å². The van der Waals surface area contributed by atoms with Crippen molar-refractivity contribution in [2.45, 2.75) is 25.3 Å². The first-order valence-corrected chi connectivity index (χ1v) is 4.26. The zero-order valence-electron chi connectivity index (χ0n) is 6.12. The zero-order chi connectivity index (χ0) is 8.69. The van der Waals surface area contributed by atoms with Gasteiger partial charge in [-0.3, -0.25) is 4.79 Å². The molecule has 0 bridgehead atoms. The molecule has 3 N–H and O–H groups in total. The van der Waals surface area contributed by atoms with E-state index in [0.717, 1.165) is 0 Å². The molecule has 0 aliphatic carbocycles. The summed E-state index contributed by atoms with van der Waals surface area (Å²) in [5.41, 5.74) is 5.42. The van der Waals surface area contributed by atoms with Crippen molar-refractivity contribution in [2.75, 3.05) is 5.75 Å². The van der Waals surface area contributed by atoms with E-state index in [0.29, 0.717) is 12.8 Å². The van der Waals surface area contributed by atoms with Crippen LogP contribution in [-0.2, 0) is 4.79 Å². The van der Waals surface area contributed by atoms with Gasteiger partial charge in [0.2, 0.25) is 0 Å². The van der Waals surface area contributed by atoms with Crippen molar-refractivity contribution < 1.29 is 13.8 Å². The van der Waals surface area contributed by atoms with Gasteiger partial charge >= 0.3 is 5.97 Å². The summed E-state index contributed by atoms with van der Waals surface area (Å²) in [6, 6.07) is -0.218. The first-order valence-electron chi connectivity index (χ1n) is 3.37. The molecule has 5 heteroatoms. The Bertz CT molecular complexity index is 123. The monoisotopic (exact) mass is 181 g/mol. The van der Waals surface area contributed by atoms with Crippen molar-refractivity contribution in [3.8, 4) is 0 Å². The van der Waals surface area contributed by atoms with Crippen molar-refractivity contribution in [1.82, 2.24) is 0 Å². The van der Waals surface area contributed by atoms with E-state index in [1.165, 1.54) is 0 Å². The van der Waals surface area contributed by atoms with E-state index in [-0.39, 0.29) is 30.4 Å². The average molecular weight is 181 g/mol. The van der Waals surface area contributed by atoms with Crippen LogP contribution in [0.25, 0.3) is 0 Å². The van der Waals surface area contributed by atoms with E-state index in [1.54, 1.807) is 0 Å². The number of rotatable bonds is 6. The summed E-state index contributed by atoms with van der Waals surface area (Å²) < 4.78 is 11.5. The number of hydrogen-bond donors (Lipinski definition) is 2. The van der Waals surface area contributed by atoms with Gasteiger partial charge < -0.3 is 10.8 Å². The molecule has 0 amide bonds. The van der Waals surface area contributed by atoms with E-state index in [1.807, 2.05) is 0 Å². The molecule has 1 unspecified atom stereocenters. The van der Waals surface area contributed by atoms with Gasteiger partial charge in [-0.2, -0.15) is 3.89 Å². The summed E-state index contributed by atoms with van der Waals surface area (Å²) >= 11 is 0.196. The Morgan fingerprint density at radius 2 is 2.36 bits per heavy atom. The lowest BCUT2D eigenvalue weighted by Crippen LogP contribution is -2.22. The average Bonchev–Trinajstić information content (AvgIpc) is 1.87. The van der Waals surface area contributed by atoms with Gasteiger partial charge in [-0.15, -0.1) is 0 Å². The molecule has 66 valence electrons. The molecule has 0 aromatic rings. The van der Waals surface area contributed by atoms with Gasteiger partial charge in [0.05, 0.1) is 0 Å². The quantitative estimate of drug-likeness (QED) is 0.646. The van der Waals surface area contributed by atoms with Gasteiger partial charge in [0.1, 0.15) is 0 Å². The van der Waals surface area contributed by atoms with Gasteiger partial charge in [0.25, 0.3) is 0 Å². The second-order valence-electron chi connectivity index (χ2n) is 2.32. The van der Waals surface area contributed by atoms with Crippen LogP contribution >= 0.6 is 12.1 Å². The first kappa shape index (κ1) is 10.7. The van der Waals surface area contributed by atoms with Crippen LogP contribution in [-0.4, -0.2) is 22.9 Å². The maximum atomic E-state index is 11.5. The lowest BCUT2D eigenvalue weighted by atomic mass is 10.1. The molecule has 0 fully saturated rings. The highest BCUT2D eigenvalue weighted by Gasteiger charge is 2.03. The van der Waals surface area contributed by atoms with Crippen LogP contribution in [0.5, 0.6) is 0 Å². The summed E-state index contributed by atoms with van der Waals surface area (Å²) in [5, 5.41) is 8.24. The molecule has 1 atom stereocenters. The number of carboxylic acids is 1. The predicted octanol–water partition coefficient (Wildman–Crippen LogP) is 1.19. The Balaban J connectivity index is 3.16. The molecule has 0 rings (SSSR count). The molecular weight excluding hydrogens is 169 g/mol. The maximum Gasteiger partial charge on any atom is 0.303 e. The van der Waals surface area contributed by atoms with E-state index in [4.69, 9.17) is 10.8 Å². The van der Waals surface area contributed by atoms with E-state index >= 15 is 0 Å². The van der Waals surface area contributed by atoms with Gasteiger partial charge in [-0.1, -0.05) is 0 Å². The lowest BCUT2D eigenvalue weighted by Gasteiger charge is -2.05. The summed E-state index contributed by atoms with van der Waals surface area (Å²) in [5.74, 6) is -0.579. The molecule has 0 aromatic carbocycles. The number of hydrogen-bond acceptors (Lipinski definition) is 3. The molecule has 0 radical (unpaired) electrons. The van der Waals surface area contributed by atoms with Crippen molar-refractivity contribution >= 4 is 18.1 Å². The molecule has 0 aromatic heterocycles. The maximum absolute atomic E-state index is 11.5. The Labute approximate surface area is 69.4 Å². The highest BCUT2D eigenvalue weighted by Crippen LogP contribution is 2.06. The molecular formula is C6H12FNO2S. The van der Waals surface area contributed by atoms with Crippen LogP contribution in [0, 0.1) is 0 Å². The molecule has 0 aliphatic rings. The SMILES string of the molecule is NC(CCCC(=O)O)CSF. The van der Waals surface area contributed by atoms with Gasteiger partial charge in [-0.25, -0.2) is 0 Å². The fourth-order valence-corrected chi connectivity index (χ4v) is 1.01. The number of halogens is 1. The Morgan fingerprint density at radius 1 is 1.73 bits per heavy atom. The van der Waals surface area contributed by atoms with E-state index in [9.17, 15) is 8.68 Å². The minimum absolute atomic E-state index is 0.116. The normalized spacial score (nSPS) is 12.9. The fourth-order valence-electron chi connectivity index (χ4n) is 0.680. The topological polar surface area (TPSA) is 63.3 Å². The van der Waals surface area contributed by atoms with Gasteiger partial charge in [-0.05, 0) is 12.8 Å². The number of carboxylic acid groups (broad SMARTS) is 1. The molecule has 0 aliphatic heterocycles. The first-order chi connectivity index (χ1) is 5.16. The molecule has 0 heterocycles. The van der Waals surface area contributed by atoms with E-state index in [2.05, 4.69) is 0 Å². The largest absolute Gasteiger partial charge is 0.481 e. The third-order valence-corrected chi connectivity index (χ3v) is 1.80. The van der Waals surface area contributed by atoms with Crippen LogP contribution in [0.15, 0.2) is 0 Å². The predicted molar refractivity (Wildman–Crippen MR) is 43.0 cm³/mol. The van der Waals surface area contributed by atoms with Gasteiger partial charge in [0.15, 0.2) is 0 Å². The minimum Gasteiger partial charge on any atom is -0.481 e. The zero-order valence-corrected chi connectivity index (χ0v) is 6.94. The van der Waals surface area contributed by atoms with Crippen molar-refractivity contribution in [1.29, 1.82) is 0 Å². The molecule has 3 nitrogen and oxygen atoms in total. The van der Waals surface area contributed by atoms with Gasteiger partial charge in [0, 0.05) is 30.4 Å². The summed E-state index contributed by atoms with van der Waals surface area (Å²) in [7, 11) is 0. The van der Waals surface area contributed by atoms with Crippen molar-refractivity contribution in [2.24, 2.45) is 5.73 Å². The fraction of sp³-hybridized carbons (Fsp3) is 0.833. The third kappa shape index (κ3) is 7.61. The van der Waals surface area contributed by atoms with Crippen LogP contribution < -0.4 is 5.73 Å². The number of nitrogens with two attached hydrogens (primary N) is 1. The molecule has 11 heavy (non-hydrogen) atoms. The Morgan fingerprint density at radius 3 is 2.82 bits per heavy atom. The van der Waals surface area contributed by atoms with Crippen LogP contribution in [0.2, 0.25) is 0 Å². The van der Waals surface area contributed by atoms with Crippen LogP contribution in [0.4, 0.5) is 3.89 Å². The standard InChI is InChI=1S/C6H12FNO2S/c7-11-4-5(8)2-1-3-6(9)10/h5H,1-4,8H2,(H,9,10). The second-order valence-corrected chi connectivity index (χ2v) is 2.87. The third-order valence-electron chi connectivity index (χ3n) is 1.24. The minimum atomic E-state index is -0.829. The molecule has 0 saturated heterocycles. The molecule has 0 saturated carbocycles. The number of aliphatic carboxylic acids is 1. The summed E-state index contributed by atoms with van der Waals surface area (Å²) in [6.45, 7) is 0. The smallest absolute Gasteiger partial charge is 0.303 e. The Hall–Kier alpha value is -0.290. The van der Waals surface area contributed by atoms with E-state index < -0.39 is 5.97 Å².